The minimum absolute atomic E-state index is 0.324. The summed E-state index contributed by atoms with van der Waals surface area (Å²) in [4.78, 5) is 5.94. The molecule has 4 heteroatoms. The molecule has 0 amide bonds. The minimum atomic E-state index is 0.324. The molecule has 1 saturated carbocycles. The summed E-state index contributed by atoms with van der Waals surface area (Å²) in [5.41, 5.74) is 5.59. The lowest BCUT2D eigenvalue weighted by Crippen LogP contribution is -2.38. The van der Waals surface area contributed by atoms with E-state index in [1.165, 1.54) is 21.9 Å². The quantitative estimate of drug-likeness (QED) is 0.656. The molecule has 3 atom stereocenters. The Morgan fingerprint density at radius 1 is 1.35 bits per heavy atom. The Morgan fingerprint density at radius 3 is 2.70 bits per heavy atom. The number of aryl methyl sites for hydroxylation is 2. The normalized spacial score (nSPS) is 22.8. The summed E-state index contributed by atoms with van der Waals surface area (Å²) in [6, 6.07) is 11.1. The van der Waals surface area contributed by atoms with Gasteiger partial charge in [0.25, 0.3) is 0 Å². The molecule has 1 fully saturated rings. The number of aromatic nitrogens is 1. The molecule has 106 valence electrons. The van der Waals surface area contributed by atoms with Crippen molar-refractivity contribution in [2.45, 2.75) is 38.6 Å². The number of hydrogen-bond acceptors (Lipinski definition) is 4. The summed E-state index contributed by atoms with van der Waals surface area (Å²) < 4.78 is 0. The van der Waals surface area contributed by atoms with Gasteiger partial charge in [-0.1, -0.05) is 30.3 Å². The van der Waals surface area contributed by atoms with Gasteiger partial charge < -0.3 is 0 Å². The van der Waals surface area contributed by atoms with E-state index in [1.54, 1.807) is 11.3 Å². The van der Waals surface area contributed by atoms with E-state index < -0.39 is 0 Å². The highest BCUT2D eigenvalue weighted by Crippen LogP contribution is 2.50. The third-order valence-corrected chi connectivity index (χ3v) is 5.36. The molecule has 0 bridgehead atoms. The maximum atomic E-state index is 5.77. The fourth-order valence-corrected chi connectivity index (χ4v) is 3.88. The van der Waals surface area contributed by atoms with Crippen LogP contribution in [-0.2, 0) is 6.42 Å². The molecule has 0 radical (unpaired) electrons. The van der Waals surface area contributed by atoms with Crippen molar-refractivity contribution >= 4 is 11.3 Å². The number of hydrazine groups is 1. The molecule has 3 unspecified atom stereocenters. The van der Waals surface area contributed by atoms with Gasteiger partial charge in [0.1, 0.15) is 0 Å². The first-order valence-corrected chi connectivity index (χ1v) is 7.94. The van der Waals surface area contributed by atoms with Gasteiger partial charge in [-0.15, -0.1) is 11.3 Å². The van der Waals surface area contributed by atoms with E-state index in [4.69, 9.17) is 5.84 Å². The topological polar surface area (TPSA) is 50.9 Å². The Hall–Kier alpha value is -1.23. The van der Waals surface area contributed by atoms with Crippen LogP contribution in [0.1, 0.15) is 33.5 Å². The van der Waals surface area contributed by atoms with Gasteiger partial charge in [-0.25, -0.2) is 4.98 Å². The lowest BCUT2D eigenvalue weighted by molar-refractivity contribution is 0.463. The maximum Gasteiger partial charge on any atom is 0.0947 e. The molecule has 0 saturated heterocycles. The predicted octanol–water partition coefficient (Wildman–Crippen LogP) is 2.94. The Bertz CT molecular complexity index is 559. The minimum Gasteiger partial charge on any atom is -0.271 e. The number of hydrogen-bond donors (Lipinski definition) is 2. The largest absolute Gasteiger partial charge is 0.271 e. The molecular formula is C16H21N3S. The fourth-order valence-electron chi connectivity index (χ4n) is 2.89. The summed E-state index contributed by atoms with van der Waals surface area (Å²) in [5, 5.41) is 1.20. The highest BCUT2D eigenvalue weighted by atomic mass is 32.1. The van der Waals surface area contributed by atoms with Crippen LogP contribution >= 0.6 is 11.3 Å². The van der Waals surface area contributed by atoms with Gasteiger partial charge in [-0.05, 0) is 37.7 Å². The zero-order valence-electron chi connectivity index (χ0n) is 12.0. The Labute approximate surface area is 124 Å². The van der Waals surface area contributed by atoms with Crippen LogP contribution in [0.4, 0.5) is 0 Å². The van der Waals surface area contributed by atoms with Gasteiger partial charge in [-0.3, -0.25) is 11.3 Å². The molecule has 3 nitrogen and oxygen atoms in total. The van der Waals surface area contributed by atoms with Crippen molar-refractivity contribution in [2.75, 3.05) is 0 Å². The SMILES string of the molecule is Cc1nc(CC(NN)C2CC2c2ccccc2)sc1C. The first kappa shape index (κ1) is 13.7. The Morgan fingerprint density at radius 2 is 2.10 bits per heavy atom. The molecule has 1 aliphatic carbocycles. The first-order valence-electron chi connectivity index (χ1n) is 7.13. The van der Waals surface area contributed by atoms with Crippen molar-refractivity contribution in [2.24, 2.45) is 11.8 Å². The van der Waals surface area contributed by atoms with Crippen molar-refractivity contribution in [3.63, 3.8) is 0 Å². The lowest BCUT2D eigenvalue weighted by atomic mass is 10.0. The second-order valence-corrected chi connectivity index (χ2v) is 6.93. The van der Waals surface area contributed by atoms with E-state index in [2.05, 4.69) is 54.6 Å². The summed E-state index contributed by atoms with van der Waals surface area (Å²) in [5.74, 6) is 7.06. The zero-order chi connectivity index (χ0) is 14.1. The standard InChI is InChI=1S/C16H21N3S/c1-10-11(2)20-16(18-10)9-15(19-17)14-8-13(14)12-6-4-3-5-7-12/h3-7,13-15,19H,8-9,17H2,1-2H3. The third-order valence-electron chi connectivity index (χ3n) is 4.27. The van der Waals surface area contributed by atoms with Crippen molar-refractivity contribution in [1.29, 1.82) is 0 Å². The van der Waals surface area contributed by atoms with Crippen LogP contribution in [0.5, 0.6) is 0 Å². The van der Waals surface area contributed by atoms with Crippen LogP contribution in [0, 0.1) is 19.8 Å². The van der Waals surface area contributed by atoms with E-state index in [9.17, 15) is 0 Å². The number of nitrogens with two attached hydrogens (primary N) is 1. The lowest BCUT2D eigenvalue weighted by Gasteiger charge is -2.14. The zero-order valence-corrected chi connectivity index (χ0v) is 12.8. The molecule has 20 heavy (non-hydrogen) atoms. The molecule has 2 aromatic rings. The van der Waals surface area contributed by atoms with Gasteiger partial charge in [0, 0.05) is 17.3 Å². The Balaban J connectivity index is 1.67. The number of nitrogens with zero attached hydrogens (tertiary/aromatic N) is 1. The van der Waals surface area contributed by atoms with Crippen LogP contribution < -0.4 is 11.3 Å². The van der Waals surface area contributed by atoms with Crippen molar-refractivity contribution in [3.8, 4) is 0 Å². The second-order valence-electron chi connectivity index (χ2n) is 5.64. The van der Waals surface area contributed by atoms with E-state index in [1.807, 2.05) is 0 Å². The molecular weight excluding hydrogens is 266 g/mol. The molecule has 3 rings (SSSR count). The number of rotatable bonds is 5. The molecule has 1 aliphatic rings. The van der Waals surface area contributed by atoms with Gasteiger partial charge >= 0.3 is 0 Å². The van der Waals surface area contributed by atoms with Crippen LogP contribution in [0.2, 0.25) is 0 Å². The molecule has 1 aromatic heterocycles. The molecule has 0 spiro atoms. The number of nitrogens with one attached hydrogen (secondary N) is 1. The van der Waals surface area contributed by atoms with E-state index in [0.717, 1.165) is 12.1 Å². The van der Waals surface area contributed by atoms with Gasteiger partial charge in [0.15, 0.2) is 0 Å². The second kappa shape index (κ2) is 5.64. The summed E-state index contributed by atoms with van der Waals surface area (Å²) in [6.07, 6.45) is 2.16. The maximum absolute atomic E-state index is 5.77. The van der Waals surface area contributed by atoms with Crippen LogP contribution in [-0.4, -0.2) is 11.0 Å². The van der Waals surface area contributed by atoms with Crippen LogP contribution in [0.15, 0.2) is 30.3 Å². The highest BCUT2D eigenvalue weighted by molar-refractivity contribution is 7.11. The van der Waals surface area contributed by atoms with Gasteiger partial charge in [0.05, 0.1) is 10.7 Å². The van der Waals surface area contributed by atoms with E-state index in [0.29, 0.717) is 17.9 Å². The van der Waals surface area contributed by atoms with Crippen molar-refractivity contribution in [3.05, 3.63) is 51.5 Å². The average molecular weight is 287 g/mol. The van der Waals surface area contributed by atoms with Gasteiger partial charge in [0.2, 0.25) is 0 Å². The summed E-state index contributed by atoms with van der Waals surface area (Å²) in [6.45, 7) is 4.20. The summed E-state index contributed by atoms with van der Waals surface area (Å²) >= 11 is 1.79. The number of benzene rings is 1. The molecule has 1 heterocycles. The fraction of sp³-hybridized carbons (Fsp3) is 0.438. The molecule has 1 aromatic carbocycles. The third kappa shape index (κ3) is 2.77. The van der Waals surface area contributed by atoms with Crippen molar-refractivity contribution < 1.29 is 0 Å². The van der Waals surface area contributed by atoms with Gasteiger partial charge in [-0.2, -0.15) is 0 Å². The molecule has 3 N–H and O–H groups in total. The highest BCUT2D eigenvalue weighted by Gasteiger charge is 2.43. The van der Waals surface area contributed by atoms with E-state index in [-0.39, 0.29) is 0 Å². The monoisotopic (exact) mass is 287 g/mol. The van der Waals surface area contributed by atoms with Crippen molar-refractivity contribution in [1.82, 2.24) is 10.4 Å². The van der Waals surface area contributed by atoms with E-state index >= 15 is 0 Å². The van der Waals surface area contributed by atoms with Crippen LogP contribution in [0.3, 0.4) is 0 Å². The first-order chi connectivity index (χ1) is 9.69. The average Bonchev–Trinajstić information content (AvgIpc) is 3.19. The predicted molar refractivity (Wildman–Crippen MR) is 83.7 cm³/mol. The van der Waals surface area contributed by atoms with Crippen LogP contribution in [0.25, 0.3) is 0 Å². The number of thiazole rings is 1. The smallest absolute Gasteiger partial charge is 0.0947 e. The summed E-state index contributed by atoms with van der Waals surface area (Å²) in [7, 11) is 0. The Kier molecular flexibility index (Phi) is 3.87. The molecule has 0 aliphatic heterocycles.